The van der Waals surface area contributed by atoms with Crippen LogP contribution in [0.3, 0.4) is 0 Å². The van der Waals surface area contributed by atoms with Crippen LogP contribution in [-0.2, 0) is 6.42 Å². The van der Waals surface area contributed by atoms with Crippen molar-refractivity contribution in [2.24, 2.45) is 0 Å². The molecule has 0 spiro atoms. The standard InChI is InChI=1S/C11H11N2S/c1-9-3-2-7-12-11(9)5-4-10-6-8-14-13-10/h2-3,5-8H,4H2,1H3. The highest BCUT2D eigenvalue weighted by Gasteiger charge is 2.01. The van der Waals surface area contributed by atoms with Crippen LogP contribution in [0.2, 0.25) is 0 Å². The van der Waals surface area contributed by atoms with Crippen LogP contribution in [-0.4, -0.2) is 9.36 Å². The van der Waals surface area contributed by atoms with E-state index in [1.165, 1.54) is 17.1 Å². The molecule has 0 unspecified atom stereocenters. The fourth-order valence-corrected chi connectivity index (χ4v) is 1.81. The Balaban J connectivity index is 2.02. The molecule has 0 saturated heterocycles. The molecule has 2 rings (SSSR count). The summed E-state index contributed by atoms with van der Waals surface area (Å²) >= 11 is 1.49. The topological polar surface area (TPSA) is 25.8 Å². The molecule has 0 amide bonds. The lowest BCUT2D eigenvalue weighted by molar-refractivity contribution is 1.05. The molecule has 0 saturated carbocycles. The molecule has 0 aromatic carbocycles. The molecular formula is C11H11N2S. The van der Waals surface area contributed by atoms with E-state index in [0.29, 0.717) is 0 Å². The third-order valence-corrected chi connectivity index (χ3v) is 2.64. The lowest BCUT2D eigenvalue weighted by atomic mass is 10.1. The van der Waals surface area contributed by atoms with Gasteiger partial charge in [0.05, 0.1) is 5.69 Å². The van der Waals surface area contributed by atoms with E-state index in [0.717, 1.165) is 17.8 Å². The van der Waals surface area contributed by atoms with Crippen molar-refractivity contribution >= 4 is 11.5 Å². The Morgan fingerprint density at radius 2 is 2.36 bits per heavy atom. The number of nitrogens with zero attached hydrogens (tertiary/aromatic N) is 2. The smallest absolute Gasteiger partial charge is 0.0549 e. The molecule has 71 valence electrons. The highest BCUT2D eigenvalue weighted by Crippen LogP contribution is 2.10. The van der Waals surface area contributed by atoms with E-state index in [2.05, 4.69) is 28.8 Å². The molecule has 2 aromatic heterocycles. The molecule has 2 nitrogen and oxygen atoms in total. The Kier molecular flexibility index (Phi) is 2.89. The van der Waals surface area contributed by atoms with Crippen LogP contribution in [0.5, 0.6) is 0 Å². The minimum absolute atomic E-state index is 0.862. The van der Waals surface area contributed by atoms with E-state index in [4.69, 9.17) is 0 Å². The summed E-state index contributed by atoms with van der Waals surface area (Å²) < 4.78 is 4.24. The average Bonchev–Trinajstić information content (AvgIpc) is 2.69. The molecule has 3 heteroatoms. The van der Waals surface area contributed by atoms with Gasteiger partial charge in [-0.25, -0.2) is 0 Å². The maximum Gasteiger partial charge on any atom is 0.0549 e. The molecule has 2 heterocycles. The summed E-state index contributed by atoms with van der Waals surface area (Å²) in [5.74, 6) is 0. The highest BCUT2D eigenvalue weighted by atomic mass is 32.1. The first-order valence-electron chi connectivity index (χ1n) is 4.50. The lowest BCUT2D eigenvalue weighted by Crippen LogP contribution is -1.94. The van der Waals surface area contributed by atoms with Gasteiger partial charge < -0.3 is 0 Å². The van der Waals surface area contributed by atoms with Crippen LogP contribution in [0.25, 0.3) is 0 Å². The van der Waals surface area contributed by atoms with Gasteiger partial charge in [-0.15, -0.1) is 0 Å². The van der Waals surface area contributed by atoms with Crippen molar-refractivity contribution in [1.29, 1.82) is 0 Å². The van der Waals surface area contributed by atoms with Crippen LogP contribution in [0, 0.1) is 13.3 Å². The second kappa shape index (κ2) is 4.33. The van der Waals surface area contributed by atoms with Gasteiger partial charge in [0.2, 0.25) is 0 Å². The second-order valence-corrected chi connectivity index (χ2v) is 3.77. The van der Waals surface area contributed by atoms with Gasteiger partial charge in [0.1, 0.15) is 0 Å². The maximum atomic E-state index is 4.30. The molecule has 0 aliphatic carbocycles. The zero-order chi connectivity index (χ0) is 9.80. The minimum atomic E-state index is 0.862. The normalized spacial score (nSPS) is 10.4. The predicted octanol–water partition coefficient (Wildman–Crippen LogP) is 2.64. The van der Waals surface area contributed by atoms with Gasteiger partial charge >= 0.3 is 0 Å². The molecule has 2 aromatic rings. The molecule has 0 fully saturated rings. The van der Waals surface area contributed by atoms with Crippen LogP contribution in [0.15, 0.2) is 29.8 Å². The molecular weight excluding hydrogens is 192 g/mol. The summed E-state index contributed by atoms with van der Waals surface area (Å²) in [6.45, 7) is 2.07. The van der Waals surface area contributed by atoms with Crippen molar-refractivity contribution in [2.75, 3.05) is 0 Å². The van der Waals surface area contributed by atoms with Crippen molar-refractivity contribution in [2.45, 2.75) is 13.3 Å². The molecule has 0 bridgehead atoms. The molecule has 0 N–H and O–H groups in total. The minimum Gasteiger partial charge on any atom is -0.261 e. The number of hydrogen-bond acceptors (Lipinski definition) is 3. The molecule has 0 aliphatic rings. The van der Waals surface area contributed by atoms with E-state index in [9.17, 15) is 0 Å². The van der Waals surface area contributed by atoms with Gasteiger partial charge in [0.15, 0.2) is 0 Å². The first kappa shape index (κ1) is 9.34. The zero-order valence-corrected chi connectivity index (χ0v) is 8.79. The van der Waals surface area contributed by atoms with Gasteiger partial charge in [-0.1, -0.05) is 6.07 Å². The monoisotopic (exact) mass is 203 g/mol. The third kappa shape index (κ3) is 2.17. The van der Waals surface area contributed by atoms with E-state index in [-0.39, 0.29) is 0 Å². The van der Waals surface area contributed by atoms with E-state index >= 15 is 0 Å². The van der Waals surface area contributed by atoms with Crippen molar-refractivity contribution in [3.8, 4) is 0 Å². The summed E-state index contributed by atoms with van der Waals surface area (Å²) in [4.78, 5) is 4.30. The van der Waals surface area contributed by atoms with Crippen molar-refractivity contribution < 1.29 is 0 Å². The molecule has 0 aliphatic heterocycles. The van der Waals surface area contributed by atoms with Crippen molar-refractivity contribution in [3.05, 3.63) is 53.1 Å². The van der Waals surface area contributed by atoms with E-state index in [1.807, 2.05) is 23.7 Å². The fraction of sp³-hybridized carbons (Fsp3) is 0.182. The Morgan fingerprint density at radius 1 is 1.43 bits per heavy atom. The number of aromatic nitrogens is 2. The summed E-state index contributed by atoms with van der Waals surface area (Å²) in [7, 11) is 0. The third-order valence-electron chi connectivity index (χ3n) is 2.05. The summed E-state index contributed by atoms with van der Waals surface area (Å²) in [5, 5.41) is 1.99. The summed E-state index contributed by atoms with van der Waals surface area (Å²) in [5.41, 5.74) is 3.38. The summed E-state index contributed by atoms with van der Waals surface area (Å²) in [6, 6.07) is 6.06. The largest absolute Gasteiger partial charge is 0.261 e. The number of aryl methyl sites for hydroxylation is 1. The van der Waals surface area contributed by atoms with E-state index < -0.39 is 0 Å². The first-order valence-corrected chi connectivity index (χ1v) is 5.34. The van der Waals surface area contributed by atoms with Crippen molar-refractivity contribution in [1.82, 2.24) is 9.36 Å². The van der Waals surface area contributed by atoms with Gasteiger partial charge in [-0.2, -0.15) is 4.37 Å². The molecule has 14 heavy (non-hydrogen) atoms. The quantitative estimate of drug-likeness (QED) is 0.766. The lowest BCUT2D eigenvalue weighted by Gasteiger charge is -2.01. The fourth-order valence-electron chi connectivity index (χ4n) is 1.26. The van der Waals surface area contributed by atoms with Gasteiger partial charge in [-0.05, 0) is 42.6 Å². The van der Waals surface area contributed by atoms with Crippen LogP contribution in [0.4, 0.5) is 0 Å². The molecule has 0 atom stereocenters. The SMILES string of the molecule is Cc1cccnc1[CH]Cc1ccsn1. The number of rotatable bonds is 3. The number of hydrogen-bond donors (Lipinski definition) is 0. The van der Waals surface area contributed by atoms with Gasteiger partial charge in [0.25, 0.3) is 0 Å². The Morgan fingerprint density at radius 3 is 3.07 bits per heavy atom. The van der Waals surface area contributed by atoms with E-state index in [1.54, 1.807) is 0 Å². The summed E-state index contributed by atoms with van der Waals surface area (Å²) in [6.07, 6.45) is 4.80. The van der Waals surface area contributed by atoms with Crippen LogP contribution < -0.4 is 0 Å². The maximum absolute atomic E-state index is 4.30. The van der Waals surface area contributed by atoms with Gasteiger partial charge in [0, 0.05) is 23.7 Å². The zero-order valence-electron chi connectivity index (χ0n) is 7.97. The van der Waals surface area contributed by atoms with Crippen LogP contribution in [0.1, 0.15) is 17.0 Å². The van der Waals surface area contributed by atoms with Crippen molar-refractivity contribution in [3.63, 3.8) is 0 Å². The first-order chi connectivity index (χ1) is 6.86. The Labute approximate surface area is 87.8 Å². The Hall–Kier alpha value is -1.22. The number of pyridine rings is 1. The van der Waals surface area contributed by atoms with Gasteiger partial charge in [-0.3, -0.25) is 4.98 Å². The molecule has 1 radical (unpaired) electrons. The van der Waals surface area contributed by atoms with Crippen LogP contribution >= 0.6 is 11.5 Å². The highest BCUT2D eigenvalue weighted by molar-refractivity contribution is 7.03. The average molecular weight is 203 g/mol. The predicted molar refractivity (Wildman–Crippen MR) is 58.2 cm³/mol. The Bertz CT molecular complexity index is 395. The second-order valence-electron chi connectivity index (χ2n) is 3.10.